The lowest BCUT2D eigenvalue weighted by molar-refractivity contribution is 0.105. The largest absolute Gasteiger partial charge is 0.314 e. The lowest BCUT2D eigenvalue weighted by atomic mass is 9.66. The van der Waals surface area contributed by atoms with Crippen LogP contribution >= 0.6 is 0 Å². The summed E-state index contributed by atoms with van der Waals surface area (Å²) in [6.07, 6.45) is 11.6. The molecule has 0 spiro atoms. The molecule has 4 atom stereocenters. The quantitative estimate of drug-likeness (QED) is 0.769. The highest BCUT2D eigenvalue weighted by molar-refractivity contribution is 4.89. The molecule has 2 aliphatic carbocycles. The zero-order valence-electron chi connectivity index (χ0n) is 12.8. The highest BCUT2D eigenvalue weighted by Crippen LogP contribution is 2.42. The summed E-state index contributed by atoms with van der Waals surface area (Å²) in [7, 11) is 0. The van der Waals surface area contributed by atoms with Gasteiger partial charge in [-0.2, -0.15) is 0 Å². The number of nitrogens with one attached hydrogen (secondary N) is 1. The molecule has 1 nitrogen and oxygen atoms in total. The maximum atomic E-state index is 3.85. The van der Waals surface area contributed by atoms with Crippen LogP contribution in [0.25, 0.3) is 0 Å². The molecule has 2 aliphatic rings. The summed E-state index contributed by atoms with van der Waals surface area (Å²) in [5.41, 5.74) is 0. The molecule has 1 heteroatoms. The van der Waals surface area contributed by atoms with Gasteiger partial charge in [0.1, 0.15) is 0 Å². The van der Waals surface area contributed by atoms with Gasteiger partial charge in [-0.05, 0) is 68.7 Å². The highest BCUT2D eigenvalue weighted by Gasteiger charge is 2.35. The van der Waals surface area contributed by atoms with Crippen molar-refractivity contribution in [1.82, 2.24) is 5.32 Å². The second-order valence-electron chi connectivity index (χ2n) is 7.19. The van der Waals surface area contributed by atoms with Gasteiger partial charge in [0, 0.05) is 6.04 Å². The van der Waals surface area contributed by atoms with E-state index in [4.69, 9.17) is 0 Å². The van der Waals surface area contributed by atoms with E-state index in [-0.39, 0.29) is 0 Å². The Labute approximate surface area is 114 Å². The summed E-state index contributed by atoms with van der Waals surface area (Å²) in [6, 6.07) is 0.834. The summed E-state index contributed by atoms with van der Waals surface area (Å²) in [5.74, 6) is 3.92. The maximum Gasteiger partial charge on any atom is 0.00979 e. The van der Waals surface area contributed by atoms with Gasteiger partial charge in [0.2, 0.25) is 0 Å². The molecule has 2 saturated carbocycles. The zero-order chi connectivity index (χ0) is 13.0. The number of hydrogen-bond donors (Lipinski definition) is 1. The van der Waals surface area contributed by atoms with Crippen molar-refractivity contribution in [3.8, 4) is 0 Å². The third kappa shape index (κ3) is 3.73. The van der Waals surface area contributed by atoms with Crippen molar-refractivity contribution in [3.63, 3.8) is 0 Å². The molecule has 0 aromatic carbocycles. The molecule has 1 N–H and O–H groups in total. The van der Waals surface area contributed by atoms with Crippen molar-refractivity contribution in [1.29, 1.82) is 0 Å². The fourth-order valence-electron chi connectivity index (χ4n) is 4.67. The first kappa shape index (κ1) is 14.4. The minimum absolute atomic E-state index is 0.834. The van der Waals surface area contributed by atoms with Crippen molar-refractivity contribution >= 4 is 0 Å². The zero-order valence-corrected chi connectivity index (χ0v) is 12.8. The number of hydrogen-bond acceptors (Lipinski definition) is 1. The monoisotopic (exact) mass is 251 g/mol. The van der Waals surface area contributed by atoms with Crippen molar-refractivity contribution in [2.45, 2.75) is 78.2 Å². The molecule has 0 heterocycles. The molecule has 0 amide bonds. The highest BCUT2D eigenvalue weighted by atomic mass is 14.9. The molecule has 0 bridgehead atoms. The summed E-state index contributed by atoms with van der Waals surface area (Å²) >= 11 is 0. The molecule has 0 aromatic heterocycles. The lowest BCUT2D eigenvalue weighted by Gasteiger charge is -2.42. The summed E-state index contributed by atoms with van der Waals surface area (Å²) in [4.78, 5) is 0. The fraction of sp³-hybridized carbons (Fsp3) is 1.00. The second kappa shape index (κ2) is 6.93. The van der Waals surface area contributed by atoms with Crippen LogP contribution in [0.5, 0.6) is 0 Å². The summed E-state index contributed by atoms with van der Waals surface area (Å²) in [5, 5.41) is 3.85. The van der Waals surface area contributed by atoms with Crippen molar-refractivity contribution in [2.24, 2.45) is 23.7 Å². The van der Waals surface area contributed by atoms with Gasteiger partial charge in [-0.15, -0.1) is 0 Å². The van der Waals surface area contributed by atoms with Crippen LogP contribution in [0, 0.1) is 23.7 Å². The molecule has 4 unspecified atom stereocenters. The molecule has 106 valence electrons. The minimum atomic E-state index is 0.834. The SMILES string of the molecule is CCCNC1CCCCC1C1CC(C)CC(C)C1. The Bertz CT molecular complexity index is 228. The molecule has 0 radical (unpaired) electrons. The molecule has 2 rings (SSSR count). The van der Waals surface area contributed by atoms with Crippen molar-refractivity contribution in [3.05, 3.63) is 0 Å². The van der Waals surface area contributed by atoms with E-state index in [1.807, 2.05) is 0 Å². The molecule has 0 aromatic rings. The molecular weight excluding hydrogens is 218 g/mol. The standard InChI is InChI=1S/C17H33N/c1-4-9-18-17-8-6-5-7-16(17)15-11-13(2)10-14(3)12-15/h13-18H,4-12H2,1-3H3. The van der Waals surface area contributed by atoms with Crippen LogP contribution in [-0.2, 0) is 0 Å². The van der Waals surface area contributed by atoms with Crippen molar-refractivity contribution < 1.29 is 0 Å². The van der Waals surface area contributed by atoms with Crippen molar-refractivity contribution in [2.75, 3.05) is 6.54 Å². The summed E-state index contributed by atoms with van der Waals surface area (Å²) in [6.45, 7) is 8.45. The Morgan fingerprint density at radius 1 is 0.944 bits per heavy atom. The van der Waals surface area contributed by atoms with E-state index in [0.29, 0.717) is 0 Å². The first-order valence-electron chi connectivity index (χ1n) is 8.44. The molecule has 0 aliphatic heterocycles. The Morgan fingerprint density at radius 3 is 2.28 bits per heavy atom. The second-order valence-corrected chi connectivity index (χ2v) is 7.19. The van der Waals surface area contributed by atoms with Crippen LogP contribution in [0.3, 0.4) is 0 Å². The van der Waals surface area contributed by atoms with Crippen LogP contribution < -0.4 is 5.32 Å². The number of rotatable bonds is 4. The van der Waals surface area contributed by atoms with E-state index in [1.165, 1.54) is 57.9 Å². The average Bonchev–Trinajstić information content (AvgIpc) is 2.35. The van der Waals surface area contributed by atoms with Gasteiger partial charge < -0.3 is 5.32 Å². The Morgan fingerprint density at radius 2 is 1.61 bits per heavy atom. The maximum absolute atomic E-state index is 3.85. The topological polar surface area (TPSA) is 12.0 Å². The minimum Gasteiger partial charge on any atom is -0.314 e. The predicted molar refractivity (Wildman–Crippen MR) is 79.7 cm³/mol. The third-order valence-corrected chi connectivity index (χ3v) is 5.30. The Kier molecular flexibility index (Phi) is 5.54. The van der Waals surface area contributed by atoms with Crippen LogP contribution in [0.1, 0.15) is 72.1 Å². The third-order valence-electron chi connectivity index (χ3n) is 5.30. The van der Waals surface area contributed by atoms with E-state index in [0.717, 1.165) is 29.7 Å². The van der Waals surface area contributed by atoms with E-state index >= 15 is 0 Å². The van der Waals surface area contributed by atoms with Gasteiger partial charge in [0.25, 0.3) is 0 Å². The first-order chi connectivity index (χ1) is 8.70. The first-order valence-corrected chi connectivity index (χ1v) is 8.44. The van der Waals surface area contributed by atoms with Crippen LogP contribution in [0.2, 0.25) is 0 Å². The lowest BCUT2D eigenvalue weighted by Crippen LogP contribution is -2.43. The van der Waals surface area contributed by atoms with E-state index in [2.05, 4.69) is 26.1 Å². The van der Waals surface area contributed by atoms with Gasteiger partial charge >= 0.3 is 0 Å². The van der Waals surface area contributed by atoms with Gasteiger partial charge in [-0.25, -0.2) is 0 Å². The van der Waals surface area contributed by atoms with E-state index < -0.39 is 0 Å². The average molecular weight is 251 g/mol. The van der Waals surface area contributed by atoms with Crippen LogP contribution in [0.4, 0.5) is 0 Å². The van der Waals surface area contributed by atoms with Gasteiger partial charge in [-0.3, -0.25) is 0 Å². The van der Waals surface area contributed by atoms with Gasteiger partial charge in [-0.1, -0.05) is 33.6 Å². The summed E-state index contributed by atoms with van der Waals surface area (Å²) < 4.78 is 0. The van der Waals surface area contributed by atoms with Crippen LogP contribution in [0.15, 0.2) is 0 Å². The van der Waals surface area contributed by atoms with Gasteiger partial charge in [0.15, 0.2) is 0 Å². The molecule has 0 saturated heterocycles. The Hall–Kier alpha value is -0.0400. The molecule has 18 heavy (non-hydrogen) atoms. The van der Waals surface area contributed by atoms with E-state index in [9.17, 15) is 0 Å². The van der Waals surface area contributed by atoms with Crippen LogP contribution in [-0.4, -0.2) is 12.6 Å². The van der Waals surface area contributed by atoms with E-state index in [1.54, 1.807) is 0 Å². The predicted octanol–water partition coefficient (Wildman–Crippen LogP) is 4.62. The molecule has 2 fully saturated rings. The molecular formula is C17H33N. The Balaban J connectivity index is 1.94. The smallest absolute Gasteiger partial charge is 0.00979 e. The normalized spacial score (nSPS) is 41.8. The fourth-order valence-corrected chi connectivity index (χ4v) is 4.67. The van der Waals surface area contributed by atoms with Gasteiger partial charge in [0.05, 0.1) is 0 Å².